The summed E-state index contributed by atoms with van der Waals surface area (Å²) in [5, 5.41) is 1.91. The predicted octanol–water partition coefficient (Wildman–Crippen LogP) is 3.75. The summed E-state index contributed by atoms with van der Waals surface area (Å²) in [5.74, 6) is -0.724. The number of halogens is 3. The Morgan fingerprint density at radius 1 is 1.29 bits per heavy atom. The number of alkyl halides is 3. The fourth-order valence-electron chi connectivity index (χ4n) is 1.70. The van der Waals surface area contributed by atoms with Crippen LogP contribution in [0.15, 0.2) is 35.7 Å². The summed E-state index contributed by atoms with van der Waals surface area (Å²) < 4.78 is 42.5. The highest BCUT2D eigenvalue weighted by atomic mass is 32.1. The lowest BCUT2D eigenvalue weighted by Crippen LogP contribution is -2.12. The van der Waals surface area contributed by atoms with Crippen molar-refractivity contribution in [2.75, 3.05) is 12.3 Å². The van der Waals surface area contributed by atoms with Gasteiger partial charge in [0.1, 0.15) is 0 Å². The SMILES string of the molecule is Nc1cc(C(F)(F)F)ccc1C(=O)OCCc1cccs1. The molecule has 0 aliphatic rings. The number of anilines is 1. The first-order chi connectivity index (χ1) is 9.88. The molecule has 7 heteroatoms. The van der Waals surface area contributed by atoms with E-state index in [-0.39, 0.29) is 17.9 Å². The molecule has 1 aromatic heterocycles. The topological polar surface area (TPSA) is 52.3 Å². The van der Waals surface area contributed by atoms with Gasteiger partial charge in [0.2, 0.25) is 0 Å². The molecule has 0 saturated carbocycles. The molecule has 0 spiro atoms. The van der Waals surface area contributed by atoms with Gasteiger partial charge in [0, 0.05) is 17.0 Å². The molecule has 0 saturated heterocycles. The van der Waals surface area contributed by atoms with Crippen molar-refractivity contribution in [1.82, 2.24) is 0 Å². The molecule has 0 aliphatic carbocycles. The van der Waals surface area contributed by atoms with Crippen LogP contribution in [0.1, 0.15) is 20.8 Å². The molecule has 2 aromatic rings. The Morgan fingerprint density at radius 3 is 2.62 bits per heavy atom. The molecular formula is C14H12F3NO2S. The van der Waals surface area contributed by atoms with E-state index in [1.807, 2.05) is 17.5 Å². The number of hydrogen-bond acceptors (Lipinski definition) is 4. The zero-order valence-electron chi connectivity index (χ0n) is 10.8. The van der Waals surface area contributed by atoms with E-state index >= 15 is 0 Å². The van der Waals surface area contributed by atoms with Crippen LogP contribution in [0, 0.1) is 0 Å². The first-order valence-electron chi connectivity index (χ1n) is 6.04. The number of thiophene rings is 1. The number of esters is 1. The van der Waals surface area contributed by atoms with Crippen molar-refractivity contribution in [2.24, 2.45) is 0 Å². The van der Waals surface area contributed by atoms with Gasteiger partial charge in [0.05, 0.1) is 17.7 Å². The van der Waals surface area contributed by atoms with E-state index in [4.69, 9.17) is 10.5 Å². The van der Waals surface area contributed by atoms with E-state index in [1.165, 1.54) is 11.3 Å². The number of ether oxygens (including phenoxy) is 1. The van der Waals surface area contributed by atoms with Crippen LogP contribution in [-0.4, -0.2) is 12.6 Å². The van der Waals surface area contributed by atoms with Gasteiger partial charge in [-0.1, -0.05) is 6.07 Å². The lowest BCUT2D eigenvalue weighted by molar-refractivity contribution is -0.137. The van der Waals surface area contributed by atoms with Gasteiger partial charge in [-0.25, -0.2) is 4.79 Å². The molecule has 1 aromatic carbocycles. The van der Waals surface area contributed by atoms with Gasteiger partial charge in [-0.15, -0.1) is 11.3 Å². The van der Waals surface area contributed by atoms with Gasteiger partial charge in [-0.05, 0) is 29.6 Å². The van der Waals surface area contributed by atoms with Crippen molar-refractivity contribution in [3.05, 3.63) is 51.7 Å². The second kappa shape index (κ2) is 6.17. The summed E-state index contributed by atoms with van der Waals surface area (Å²) in [6.07, 6.45) is -3.93. The van der Waals surface area contributed by atoms with E-state index in [2.05, 4.69) is 0 Å². The predicted molar refractivity (Wildman–Crippen MR) is 74.2 cm³/mol. The average Bonchev–Trinajstić information content (AvgIpc) is 2.90. The Labute approximate surface area is 123 Å². The molecule has 0 amide bonds. The highest BCUT2D eigenvalue weighted by Gasteiger charge is 2.31. The largest absolute Gasteiger partial charge is 0.462 e. The van der Waals surface area contributed by atoms with Crippen LogP contribution < -0.4 is 5.73 Å². The van der Waals surface area contributed by atoms with E-state index in [9.17, 15) is 18.0 Å². The molecule has 0 unspecified atom stereocenters. The quantitative estimate of drug-likeness (QED) is 0.690. The van der Waals surface area contributed by atoms with Gasteiger partial charge >= 0.3 is 12.1 Å². The first kappa shape index (κ1) is 15.4. The Bertz CT molecular complexity index is 624. The lowest BCUT2D eigenvalue weighted by Gasteiger charge is -2.10. The average molecular weight is 315 g/mol. The smallest absolute Gasteiger partial charge is 0.416 e. The monoisotopic (exact) mass is 315 g/mol. The van der Waals surface area contributed by atoms with Crippen LogP contribution in [0.4, 0.5) is 18.9 Å². The Hall–Kier alpha value is -2.02. The minimum Gasteiger partial charge on any atom is -0.462 e. The summed E-state index contributed by atoms with van der Waals surface area (Å²) in [5.41, 5.74) is 4.29. The van der Waals surface area contributed by atoms with Crippen LogP contribution in [0.3, 0.4) is 0 Å². The highest BCUT2D eigenvalue weighted by Crippen LogP contribution is 2.31. The minimum atomic E-state index is -4.49. The maximum absolute atomic E-state index is 12.5. The molecule has 2 N–H and O–H groups in total. The van der Waals surface area contributed by atoms with Gasteiger partial charge < -0.3 is 10.5 Å². The molecule has 1 heterocycles. The first-order valence-corrected chi connectivity index (χ1v) is 6.92. The van der Waals surface area contributed by atoms with Crippen molar-refractivity contribution in [2.45, 2.75) is 12.6 Å². The van der Waals surface area contributed by atoms with E-state index < -0.39 is 17.7 Å². The van der Waals surface area contributed by atoms with E-state index in [0.29, 0.717) is 6.42 Å². The van der Waals surface area contributed by atoms with Crippen molar-refractivity contribution in [3.63, 3.8) is 0 Å². The normalized spacial score (nSPS) is 11.4. The summed E-state index contributed by atoms with van der Waals surface area (Å²) in [4.78, 5) is 12.8. The second-order valence-electron chi connectivity index (χ2n) is 4.27. The molecular weight excluding hydrogens is 303 g/mol. The van der Waals surface area contributed by atoms with Gasteiger partial charge in [0.25, 0.3) is 0 Å². The second-order valence-corrected chi connectivity index (χ2v) is 5.30. The molecule has 21 heavy (non-hydrogen) atoms. The van der Waals surface area contributed by atoms with E-state index in [0.717, 1.165) is 23.1 Å². The standard InChI is InChI=1S/C14H12F3NO2S/c15-14(16,17)9-3-4-11(12(18)8-9)13(19)20-6-5-10-2-1-7-21-10/h1-4,7-8H,5-6,18H2. The summed E-state index contributed by atoms with van der Waals surface area (Å²) >= 11 is 1.54. The summed E-state index contributed by atoms with van der Waals surface area (Å²) in [7, 11) is 0. The Kier molecular flexibility index (Phi) is 4.52. The van der Waals surface area contributed by atoms with E-state index in [1.54, 1.807) is 0 Å². The number of nitrogens with two attached hydrogens (primary N) is 1. The van der Waals surface area contributed by atoms with Crippen LogP contribution >= 0.6 is 11.3 Å². The molecule has 2 rings (SSSR count). The maximum Gasteiger partial charge on any atom is 0.416 e. The number of rotatable bonds is 4. The van der Waals surface area contributed by atoms with Crippen LogP contribution in [0.5, 0.6) is 0 Å². The van der Waals surface area contributed by atoms with Crippen molar-refractivity contribution in [3.8, 4) is 0 Å². The zero-order valence-corrected chi connectivity index (χ0v) is 11.6. The molecule has 112 valence electrons. The van der Waals surface area contributed by atoms with Gasteiger partial charge in [-0.3, -0.25) is 0 Å². The van der Waals surface area contributed by atoms with Crippen LogP contribution in [0.25, 0.3) is 0 Å². The Balaban J connectivity index is 1.99. The molecule has 0 atom stereocenters. The van der Waals surface area contributed by atoms with Crippen LogP contribution in [-0.2, 0) is 17.3 Å². The number of carbonyl (C=O) groups is 1. The van der Waals surface area contributed by atoms with Crippen molar-refractivity contribution < 1.29 is 22.7 Å². The molecule has 0 bridgehead atoms. The fourth-order valence-corrected chi connectivity index (χ4v) is 2.39. The van der Waals surface area contributed by atoms with Crippen LogP contribution in [0.2, 0.25) is 0 Å². The summed E-state index contributed by atoms with van der Waals surface area (Å²) in [6.45, 7) is 0.153. The lowest BCUT2D eigenvalue weighted by atomic mass is 10.1. The minimum absolute atomic E-state index is 0.0609. The zero-order chi connectivity index (χ0) is 15.5. The third kappa shape index (κ3) is 3.98. The third-order valence-electron chi connectivity index (χ3n) is 2.76. The molecule has 3 nitrogen and oxygen atoms in total. The maximum atomic E-state index is 12.5. The number of nitrogen functional groups attached to an aromatic ring is 1. The summed E-state index contributed by atoms with van der Waals surface area (Å²) in [6, 6.07) is 6.37. The fraction of sp³-hybridized carbons (Fsp3) is 0.214. The van der Waals surface area contributed by atoms with Crippen molar-refractivity contribution >= 4 is 23.0 Å². The molecule has 0 radical (unpaired) electrons. The van der Waals surface area contributed by atoms with Crippen molar-refractivity contribution in [1.29, 1.82) is 0 Å². The highest BCUT2D eigenvalue weighted by molar-refractivity contribution is 7.09. The number of hydrogen-bond donors (Lipinski definition) is 1. The molecule has 0 aliphatic heterocycles. The van der Waals surface area contributed by atoms with Gasteiger partial charge in [0.15, 0.2) is 0 Å². The van der Waals surface area contributed by atoms with Gasteiger partial charge in [-0.2, -0.15) is 13.2 Å². The molecule has 0 fully saturated rings. The third-order valence-corrected chi connectivity index (χ3v) is 3.70. The Morgan fingerprint density at radius 2 is 2.05 bits per heavy atom. The number of benzene rings is 1. The number of carbonyl (C=O) groups excluding carboxylic acids is 1.